The molecule has 7 heteroatoms. The zero-order valence-corrected chi connectivity index (χ0v) is 11.6. The molecule has 1 aliphatic rings. The van der Waals surface area contributed by atoms with Gasteiger partial charge in [0.1, 0.15) is 17.2 Å². The molecule has 0 unspecified atom stereocenters. The first-order valence-corrected chi connectivity index (χ1v) is 6.79. The second-order valence-electron chi connectivity index (χ2n) is 5.42. The molecule has 4 N–H and O–H groups in total. The lowest BCUT2D eigenvalue weighted by atomic mass is 9.82. The first-order valence-electron chi connectivity index (χ1n) is 6.79. The smallest absolute Gasteiger partial charge is 0.272 e. The third kappa shape index (κ3) is 1.73. The summed E-state index contributed by atoms with van der Waals surface area (Å²) in [7, 11) is 0. The minimum Gasteiger partial charge on any atom is -0.508 e. The van der Waals surface area contributed by atoms with Gasteiger partial charge in [-0.3, -0.25) is 9.59 Å². The lowest BCUT2D eigenvalue weighted by Gasteiger charge is -2.21. The highest BCUT2D eigenvalue weighted by atomic mass is 16.3. The third-order valence-electron chi connectivity index (χ3n) is 4.05. The van der Waals surface area contributed by atoms with E-state index in [1.807, 2.05) is 0 Å². The molecule has 3 aromatic rings. The van der Waals surface area contributed by atoms with E-state index in [1.54, 1.807) is 0 Å². The molecule has 23 heavy (non-hydrogen) atoms. The Morgan fingerprint density at radius 2 is 1.70 bits per heavy atom. The zero-order valence-electron chi connectivity index (χ0n) is 11.6. The maximum Gasteiger partial charge on any atom is 0.272 e. The minimum absolute atomic E-state index is 0.0402. The van der Waals surface area contributed by atoms with Gasteiger partial charge in [0.15, 0.2) is 0 Å². The number of aromatic hydroxyl groups is 3. The van der Waals surface area contributed by atoms with Crippen molar-refractivity contribution in [3.05, 3.63) is 57.0 Å². The second kappa shape index (κ2) is 4.33. The third-order valence-corrected chi connectivity index (χ3v) is 4.05. The summed E-state index contributed by atoms with van der Waals surface area (Å²) in [6.07, 6.45) is 1.47. The number of aromatic nitrogens is 2. The van der Waals surface area contributed by atoms with Crippen LogP contribution in [0.25, 0.3) is 10.8 Å². The zero-order chi connectivity index (χ0) is 16.3. The number of ketones is 1. The molecule has 1 aromatic heterocycles. The molecule has 0 spiro atoms. The van der Waals surface area contributed by atoms with Gasteiger partial charge in [0.05, 0.1) is 22.7 Å². The Morgan fingerprint density at radius 1 is 0.957 bits per heavy atom. The maximum atomic E-state index is 12.7. The van der Waals surface area contributed by atoms with Crippen molar-refractivity contribution in [3.8, 4) is 17.2 Å². The van der Waals surface area contributed by atoms with Crippen molar-refractivity contribution in [3.63, 3.8) is 0 Å². The van der Waals surface area contributed by atoms with Gasteiger partial charge in [-0.05, 0) is 29.7 Å². The van der Waals surface area contributed by atoms with Crippen LogP contribution in [-0.4, -0.2) is 31.3 Å². The van der Waals surface area contributed by atoms with Gasteiger partial charge in [-0.1, -0.05) is 0 Å². The molecule has 0 saturated carbocycles. The standard InChI is InChI=1S/C16H10N2O5/c19-8-2-6-1-7-3-9-10(5-17-18-16(9)23)14(21)13(7)15(22)12(6)11(20)4-8/h2-5,19-21H,1H2,(H,18,23). The fourth-order valence-electron chi connectivity index (χ4n) is 3.07. The molecule has 1 aliphatic carbocycles. The SMILES string of the molecule is O=C1c2c(O)cc(O)cc2Cc2cc3c(=O)[nH]ncc3c(O)c21. The van der Waals surface area contributed by atoms with Crippen LogP contribution in [0.2, 0.25) is 0 Å². The van der Waals surface area contributed by atoms with Crippen molar-refractivity contribution < 1.29 is 20.1 Å². The van der Waals surface area contributed by atoms with Crippen molar-refractivity contribution in [2.45, 2.75) is 6.42 Å². The molecule has 0 fully saturated rings. The van der Waals surface area contributed by atoms with E-state index in [-0.39, 0.29) is 45.6 Å². The van der Waals surface area contributed by atoms with Crippen LogP contribution >= 0.6 is 0 Å². The Hall–Kier alpha value is -3.35. The normalized spacial score (nSPS) is 13.0. The van der Waals surface area contributed by atoms with Crippen molar-refractivity contribution >= 4 is 16.6 Å². The fraction of sp³-hybridized carbons (Fsp3) is 0.0625. The van der Waals surface area contributed by atoms with E-state index in [9.17, 15) is 24.9 Å². The number of fused-ring (bicyclic) bond motifs is 3. The highest BCUT2D eigenvalue weighted by Gasteiger charge is 2.30. The van der Waals surface area contributed by atoms with Crippen LogP contribution in [-0.2, 0) is 6.42 Å². The Balaban J connectivity index is 2.09. The first kappa shape index (κ1) is 13.3. The van der Waals surface area contributed by atoms with Crippen LogP contribution in [0.1, 0.15) is 27.0 Å². The number of carbonyl (C=O) groups is 1. The van der Waals surface area contributed by atoms with Crippen molar-refractivity contribution in [2.75, 3.05) is 0 Å². The molecular formula is C16H10N2O5. The van der Waals surface area contributed by atoms with Gasteiger partial charge in [0.25, 0.3) is 5.56 Å². The first-order chi connectivity index (χ1) is 11.0. The molecule has 1 heterocycles. The summed E-state index contributed by atoms with van der Waals surface area (Å²) in [5, 5.41) is 36.3. The van der Waals surface area contributed by atoms with E-state index in [0.717, 1.165) is 6.07 Å². The number of nitrogens with zero attached hydrogens (tertiary/aromatic N) is 1. The number of carbonyl (C=O) groups excluding carboxylic acids is 1. The minimum atomic E-state index is -0.557. The molecule has 0 atom stereocenters. The van der Waals surface area contributed by atoms with Crippen LogP contribution in [0.15, 0.2) is 29.2 Å². The van der Waals surface area contributed by atoms with Gasteiger partial charge >= 0.3 is 0 Å². The molecular weight excluding hydrogens is 300 g/mol. The monoisotopic (exact) mass is 310 g/mol. The summed E-state index contributed by atoms with van der Waals surface area (Å²) in [4.78, 5) is 24.5. The Labute approximate surface area is 128 Å². The molecule has 7 nitrogen and oxygen atoms in total. The molecule has 4 rings (SSSR count). The van der Waals surface area contributed by atoms with Crippen LogP contribution in [0.4, 0.5) is 0 Å². The van der Waals surface area contributed by atoms with Crippen molar-refractivity contribution in [1.82, 2.24) is 10.2 Å². The summed E-state index contributed by atoms with van der Waals surface area (Å²) in [5.41, 5.74) is 0.497. The number of benzene rings is 2. The quantitative estimate of drug-likeness (QED) is 0.386. The number of aromatic amines is 1. The number of H-pyrrole nitrogens is 1. The van der Waals surface area contributed by atoms with Crippen LogP contribution in [0, 0.1) is 0 Å². The summed E-state index contributed by atoms with van der Waals surface area (Å²) in [6, 6.07) is 3.98. The highest BCUT2D eigenvalue weighted by molar-refractivity contribution is 6.18. The van der Waals surface area contributed by atoms with Gasteiger partial charge < -0.3 is 15.3 Å². The lowest BCUT2D eigenvalue weighted by molar-refractivity contribution is 0.103. The van der Waals surface area contributed by atoms with E-state index in [1.165, 1.54) is 18.3 Å². The van der Waals surface area contributed by atoms with Crippen LogP contribution in [0.5, 0.6) is 17.2 Å². The van der Waals surface area contributed by atoms with Crippen LogP contribution in [0.3, 0.4) is 0 Å². The topological polar surface area (TPSA) is 124 Å². The Morgan fingerprint density at radius 3 is 2.48 bits per heavy atom. The predicted molar refractivity (Wildman–Crippen MR) is 80.0 cm³/mol. The Bertz CT molecular complexity index is 1070. The molecule has 0 aliphatic heterocycles. The van der Waals surface area contributed by atoms with E-state index in [4.69, 9.17) is 0 Å². The largest absolute Gasteiger partial charge is 0.508 e. The maximum absolute atomic E-state index is 12.7. The summed E-state index contributed by atoms with van der Waals surface area (Å²) < 4.78 is 0. The van der Waals surface area contributed by atoms with E-state index < -0.39 is 11.3 Å². The number of rotatable bonds is 0. The number of phenolic OH excluding ortho intramolecular Hbond substituents is 3. The summed E-state index contributed by atoms with van der Waals surface area (Å²) in [5.74, 6) is -1.40. The van der Waals surface area contributed by atoms with Crippen LogP contribution < -0.4 is 5.56 Å². The predicted octanol–water partition coefficient (Wildman–Crippen LogP) is 1.18. The molecule has 0 bridgehead atoms. The lowest BCUT2D eigenvalue weighted by Crippen LogP contribution is -2.17. The molecule has 0 amide bonds. The molecule has 0 saturated heterocycles. The summed E-state index contributed by atoms with van der Waals surface area (Å²) in [6.45, 7) is 0. The average molecular weight is 310 g/mol. The van der Waals surface area contributed by atoms with Gasteiger partial charge in [0, 0.05) is 11.5 Å². The number of phenols is 3. The molecule has 114 valence electrons. The van der Waals surface area contributed by atoms with E-state index in [2.05, 4.69) is 10.2 Å². The summed E-state index contributed by atoms with van der Waals surface area (Å²) >= 11 is 0. The van der Waals surface area contributed by atoms with Crippen molar-refractivity contribution in [2.24, 2.45) is 0 Å². The van der Waals surface area contributed by atoms with Gasteiger partial charge in [-0.25, -0.2) is 5.10 Å². The molecule has 2 aromatic carbocycles. The Kier molecular flexibility index (Phi) is 2.51. The van der Waals surface area contributed by atoms with E-state index >= 15 is 0 Å². The van der Waals surface area contributed by atoms with E-state index in [0.29, 0.717) is 11.1 Å². The highest BCUT2D eigenvalue weighted by Crippen LogP contribution is 2.40. The van der Waals surface area contributed by atoms with Crippen molar-refractivity contribution in [1.29, 1.82) is 0 Å². The van der Waals surface area contributed by atoms with Gasteiger partial charge in [-0.2, -0.15) is 5.10 Å². The second-order valence-corrected chi connectivity index (χ2v) is 5.42. The number of hydrogen-bond donors (Lipinski definition) is 4. The van der Waals surface area contributed by atoms with Gasteiger partial charge in [0.2, 0.25) is 5.78 Å². The van der Waals surface area contributed by atoms with Gasteiger partial charge in [-0.15, -0.1) is 0 Å². The average Bonchev–Trinajstić information content (AvgIpc) is 2.47. The number of hydrogen-bond acceptors (Lipinski definition) is 6. The number of nitrogens with one attached hydrogen (secondary N) is 1. The molecule has 0 radical (unpaired) electrons. The fourth-order valence-corrected chi connectivity index (χ4v) is 3.07.